The zero-order valence-corrected chi connectivity index (χ0v) is 20.7. The summed E-state index contributed by atoms with van der Waals surface area (Å²) in [7, 11) is 1.48. The molecule has 186 valence electrons. The molecule has 1 aliphatic rings. The van der Waals surface area contributed by atoms with Crippen LogP contribution in [-0.4, -0.2) is 23.8 Å². The smallest absolute Gasteiger partial charge is 0.271 e. The number of nitriles is 1. The fourth-order valence-electron chi connectivity index (χ4n) is 3.98. The third-order valence-corrected chi connectivity index (χ3v) is 6.13. The highest BCUT2D eigenvalue weighted by Gasteiger charge is 2.35. The highest BCUT2D eigenvalue weighted by molar-refractivity contribution is 6.19. The molecule has 37 heavy (non-hydrogen) atoms. The van der Waals surface area contributed by atoms with E-state index in [2.05, 4.69) is 0 Å². The molecule has 0 saturated heterocycles. The Hall–Kier alpha value is -4.70. The van der Waals surface area contributed by atoms with Crippen molar-refractivity contribution in [2.45, 2.75) is 27.0 Å². The summed E-state index contributed by atoms with van der Waals surface area (Å²) in [4.78, 5) is 27.4. The van der Waals surface area contributed by atoms with Crippen LogP contribution in [-0.2, 0) is 22.7 Å². The minimum atomic E-state index is -0.614. The van der Waals surface area contributed by atoms with Gasteiger partial charge in [0.25, 0.3) is 11.8 Å². The van der Waals surface area contributed by atoms with Crippen molar-refractivity contribution >= 4 is 17.9 Å². The first kappa shape index (κ1) is 25.4. The van der Waals surface area contributed by atoms with Crippen molar-refractivity contribution in [2.75, 3.05) is 7.11 Å². The van der Waals surface area contributed by atoms with Crippen LogP contribution in [0, 0.1) is 24.1 Å². The zero-order valence-electron chi connectivity index (χ0n) is 20.7. The maximum atomic E-state index is 13.9. The van der Waals surface area contributed by atoms with E-state index < -0.39 is 11.8 Å². The lowest BCUT2D eigenvalue weighted by molar-refractivity contribution is -0.141. The van der Waals surface area contributed by atoms with E-state index in [1.807, 2.05) is 37.3 Å². The van der Waals surface area contributed by atoms with Crippen LogP contribution in [0.4, 0.5) is 4.39 Å². The summed E-state index contributed by atoms with van der Waals surface area (Å²) >= 11 is 0. The van der Waals surface area contributed by atoms with Gasteiger partial charge in [0.05, 0.1) is 13.7 Å². The van der Waals surface area contributed by atoms with Crippen molar-refractivity contribution in [2.24, 2.45) is 0 Å². The van der Waals surface area contributed by atoms with Gasteiger partial charge >= 0.3 is 0 Å². The number of carbonyl (C=O) groups is 2. The van der Waals surface area contributed by atoms with Gasteiger partial charge in [-0.25, -0.2) is 4.39 Å². The lowest BCUT2D eigenvalue weighted by atomic mass is 9.93. The number of aryl methyl sites for hydroxylation is 1. The second-order valence-corrected chi connectivity index (χ2v) is 8.64. The van der Waals surface area contributed by atoms with Crippen LogP contribution in [0.2, 0.25) is 0 Å². The second kappa shape index (κ2) is 10.9. The maximum Gasteiger partial charge on any atom is 0.271 e. The van der Waals surface area contributed by atoms with Crippen molar-refractivity contribution < 1.29 is 23.5 Å². The highest BCUT2D eigenvalue weighted by atomic mass is 19.1. The fraction of sp³-hybridized carbons (Fsp3) is 0.167. The van der Waals surface area contributed by atoms with Gasteiger partial charge in [0.15, 0.2) is 11.5 Å². The molecule has 6 nitrogen and oxygen atoms in total. The third kappa shape index (κ3) is 5.44. The van der Waals surface area contributed by atoms with Crippen molar-refractivity contribution in [3.8, 4) is 17.6 Å². The van der Waals surface area contributed by atoms with E-state index >= 15 is 0 Å². The molecule has 0 radical (unpaired) electrons. The minimum absolute atomic E-state index is 0.0193. The van der Waals surface area contributed by atoms with Crippen molar-refractivity contribution in [3.63, 3.8) is 0 Å². The molecule has 1 heterocycles. The topological polar surface area (TPSA) is 79.6 Å². The number of nitrogens with zero attached hydrogens (tertiary/aromatic N) is 2. The van der Waals surface area contributed by atoms with Gasteiger partial charge in [-0.3, -0.25) is 14.5 Å². The molecule has 4 rings (SSSR count). The first-order chi connectivity index (χ1) is 17.8. The van der Waals surface area contributed by atoms with Gasteiger partial charge in [0.2, 0.25) is 0 Å². The molecule has 0 unspecified atom stereocenters. The predicted octanol–water partition coefficient (Wildman–Crippen LogP) is 5.51. The molecular formula is C30H25FN2O4. The van der Waals surface area contributed by atoms with Gasteiger partial charge in [0.1, 0.15) is 24.1 Å². The van der Waals surface area contributed by atoms with Crippen molar-refractivity contribution in [1.29, 1.82) is 5.26 Å². The number of hydrogen-bond donors (Lipinski definition) is 0. The summed E-state index contributed by atoms with van der Waals surface area (Å²) in [6.07, 6.45) is 1.62. The van der Waals surface area contributed by atoms with E-state index in [-0.39, 0.29) is 30.1 Å². The van der Waals surface area contributed by atoms with Gasteiger partial charge in [-0.2, -0.15) is 5.26 Å². The number of imide groups is 1. The molecule has 0 fully saturated rings. The van der Waals surface area contributed by atoms with Crippen LogP contribution in [0.15, 0.2) is 83.4 Å². The lowest BCUT2D eigenvalue weighted by Gasteiger charge is -2.27. The average Bonchev–Trinajstić information content (AvgIpc) is 2.90. The molecule has 2 amide bonds. The van der Waals surface area contributed by atoms with Crippen LogP contribution in [0.25, 0.3) is 6.08 Å². The minimum Gasteiger partial charge on any atom is -0.493 e. The molecule has 0 aromatic heterocycles. The Bertz CT molecular complexity index is 1470. The number of hydrogen-bond acceptors (Lipinski definition) is 5. The summed E-state index contributed by atoms with van der Waals surface area (Å²) in [5, 5.41) is 9.66. The summed E-state index contributed by atoms with van der Waals surface area (Å²) in [6.45, 7) is 3.62. The SMILES string of the molecule is COc1cc(/C=C2/C(=O)N(Cc3ccc(C)cc3)C(=O)C(C#N)=C2C)ccc1OCc1ccccc1F. The number of rotatable bonds is 7. The van der Waals surface area contributed by atoms with Gasteiger partial charge in [0, 0.05) is 11.1 Å². The van der Waals surface area contributed by atoms with Crippen LogP contribution < -0.4 is 9.47 Å². The maximum absolute atomic E-state index is 13.9. The Labute approximate surface area is 214 Å². The zero-order chi connectivity index (χ0) is 26.5. The molecular weight excluding hydrogens is 471 g/mol. The molecule has 0 spiro atoms. The van der Waals surface area contributed by atoms with Crippen LogP contribution in [0.5, 0.6) is 11.5 Å². The molecule has 0 N–H and O–H groups in total. The van der Waals surface area contributed by atoms with E-state index in [0.29, 0.717) is 28.2 Å². The number of methoxy groups -OCH3 is 1. The van der Waals surface area contributed by atoms with Gasteiger partial charge in [-0.1, -0.05) is 54.1 Å². The lowest BCUT2D eigenvalue weighted by Crippen LogP contribution is -2.42. The fourth-order valence-corrected chi connectivity index (χ4v) is 3.98. The second-order valence-electron chi connectivity index (χ2n) is 8.64. The van der Waals surface area contributed by atoms with E-state index in [9.17, 15) is 19.2 Å². The summed E-state index contributed by atoms with van der Waals surface area (Å²) in [5.41, 5.74) is 3.34. The Kier molecular flexibility index (Phi) is 7.49. The number of halogens is 1. The normalized spacial score (nSPS) is 14.7. The van der Waals surface area contributed by atoms with E-state index in [0.717, 1.165) is 16.0 Å². The number of carbonyl (C=O) groups excluding carboxylic acids is 2. The summed E-state index contributed by atoms with van der Waals surface area (Å²) < 4.78 is 25.2. The summed E-state index contributed by atoms with van der Waals surface area (Å²) in [6, 6.07) is 20.9. The first-order valence-electron chi connectivity index (χ1n) is 11.6. The standard InChI is InChI=1S/C30H25FN2O4/c1-19-8-10-21(11-9-19)17-33-29(34)24(20(2)25(16-32)30(33)35)14-22-12-13-27(28(15-22)36-3)37-18-23-6-4-5-7-26(23)31/h4-15H,17-18H2,1-3H3/b24-14+. The van der Waals surface area contributed by atoms with Crippen molar-refractivity contribution in [3.05, 3.63) is 112 Å². The predicted molar refractivity (Wildman–Crippen MR) is 137 cm³/mol. The molecule has 1 aliphatic heterocycles. The van der Waals surface area contributed by atoms with E-state index in [1.54, 1.807) is 49.4 Å². The molecule has 0 aliphatic carbocycles. The van der Waals surface area contributed by atoms with E-state index in [4.69, 9.17) is 9.47 Å². The monoisotopic (exact) mass is 496 g/mol. The molecule has 3 aromatic rings. The molecule has 0 bridgehead atoms. The van der Waals surface area contributed by atoms with Crippen LogP contribution >= 0.6 is 0 Å². The first-order valence-corrected chi connectivity index (χ1v) is 11.6. The molecule has 0 atom stereocenters. The Morgan fingerprint density at radius 1 is 0.973 bits per heavy atom. The molecule has 0 saturated carbocycles. The van der Waals surface area contributed by atoms with Crippen LogP contribution in [0.3, 0.4) is 0 Å². The Balaban J connectivity index is 1.64. The number of amides is 2. The van der Waals surface area contributed by atoms with Gasteiger partial charge < -0.3 is 9.47 Å². The highest BCUT2D eigenvalue weighted by Crippen LogP contribution is 2.32. The third-order valence-electron chi connectivity index (χ3n) is 6.13. The molecule has 3 aromatic carbocycles. The largest absolute Gasteiger partial charge is 0.493 e. The van der Waals surface area contributed by atoms with Gasteiger partial charge in [-0.05, 0) is 54.8 Å². The number of benzene rings is 3. The Morgan fingerprint density at radius 2 is 1.70 bits per heavy atom. The van der Waals surface area contributed by atoms with E-state index in [1.165, 1.54) is 13.2 Å². The summed E-state index contributed by atoms with van der Waals surface area (Å²) in [5.74, 6) is -0.662. The average molecular weight is 497 g/mol. The van der Waals surface area contributed by atoms with Gasteiger partial charge in [-0.15, -0.1) is 0 Å². The molecule has 7 heteroatoms. The number of ether oxygens (including phenoxy) is 2. The Morgan fingerprint density at radius 3 is 2.38 bits per heavy atom. The van der Waals surface area contributed by atoms with Crippen molar-refractivity contribution in [1.82, 2.24) is 4.90 Å². The van der Waals surface area contributed by atoms with Crippen LogP contribution in [0.1, 0.15) is 29.2 Å². The quantitative estimate of drug-likeness (QED) is 0.318.